The van der Waals surface area contributed by atoms with Gasteiger partial charge in [-0.2, -0.15) is 0 Å². The van der Waals surface area contributed by atoms with Gasteiger partial charge in [0.2, 0.25) is 5.91 Å². The third-order valence-corrected chi connectivity index (χ3v) is 3.81. The third-order valence-electron chi connectivity index (χ3n) is 3.81. The summed E-state index contributed by atoms with van der Waals surface area (Å²) in [6.45, 7) is 6.02. The summed E-state index contributed by atoms with van der Waals surface area (Å²) in [7, 11) is 0. The standard InChI is InChI=1S/C10H17NO/c1-3-9-4-5-10(9)6-11(7-10)8(2)12/h9H,3-7H2,1-2H3. The van der Waals surface area contributed by atoms with Crippen LogP contribution in [0.1, 0.15) is 33.1 Å². The van der Waals surface area contributed by atoms with E-state index in [1.54, 1.807) is 6.92 Å². The summed E-state index contributed by atoms with van der Waals surface area (Å²) in [5.74, 6) is 1.16. The van der Waals surface area contributed by atoms with Crippen LogP contribution in [0.2, 0.25) is 0 Å². The zero-order valence-corrected chi connectivity index (χ0v) is 7.97. The van der Waals surface area contributed by atoms with E-state index >= 15 is 0 Å². The highest BCUT2D eigenvalue weighted by Gasteiger charge is 2.54. The van der Waals surface area contributed by atoms with Crippen molar-refractivity contribution in [1.82, 2.24) is 4.90 Å². The van der Waals surface area contributed by atoms with Gasteiger partial charge in [-0.3, -0.25) is 4.79 Å². The molecule has 1 saturated carbocycles. The van der Waals surface area contributed by atoms with Gasteiger partial charge in [-0.05, 0) is 18.8 Å². The molecule has 0 N–H and O–H groups in total. The Morgan fingerprint density at radius 3 is 2.58 bits per heavy atom. The molecular formula is C10H17NO. The lowest BCUT2D eigenvalue weighted by Crippen LogP contribution is -2.65. The molecule has 68 valence electrons. The summed E-state index contributed by atoms with van der Waals surface area (Å²) in [5.41, 5.74) is 0.570. The molecule has 0 bridgehead atoms. The quantitative estimate of drug-likeness (QED) is 0.581. The van der Waals surface area contributed by atoms with Gasteiger partial charge in [0.1, 0.15) is 0 Å². The van der Waals surface area contributed by atoms with Crippen molar-refractivity contribution >= 4 is 5.91 Å². The molecule has 1 amide bonds. The van der Waals surface area contributed by atoms with E-state index in [1.165, 1.54) is 19.3 Å². The average Bonchev–Trinajstić information content (AvgIpc) is 1.81. The second kappa shape index (κ2) is 2.48. The maximum absolute atomic E-state index is 11.0. The first-order chi connectivity index (χ1) is 5.68. The Hall–Kier alpha value is -0.530. The van der Waals surface area contributed by atoms with Gasteiger partial charge in [0.25, 0.3) is 0 Å². The van der Waals surface area contributed by atoms with Crippen molar-refractivity contribution in [2.45, 2.75) is 33.1 Å². The summed E-state index contributed by atoms with van der Waals surface area (Å²) < 4.78 is 0. The number of hydrogen-bond acceptors (Lipinski definition) is 1. The molecule has 12 heavy (non-hydrogen) atoms. The first-order valence-electron chi connectivity index (χ1n) is 4.93. The molecule has 1 heterocycles. The number of likely N-dealkylation sites (tertiary alicyclic amines) is 1. The van der Waals surface area contributed by atoms with Crippen LogP contribution in [0.25, 0.3) is 0 Å². The summed E-state index contributed by atoms with van der Waals surface area (Å²) >= 11 is 0. The summed E-state index contributed by atoms with van der Waals surface area (Å²) in [4.78, 5) is 12.9. The predicted octanol–water partition coefficient (Wildman–Crippen LogP) is 1.65. The van der Waals surface area contributed by atoms with Gasteiger partial charge in [-0.1, -0.05) is 13.3 Å². The van der Waals surface area contributed by atoms with Gasteiger partial charge in [0.15, 0.2) is 0 Å². The van der Waals surface area contributed by atoms with Crippen molar-refractivity contribution in [3.05, 3.63) is 0 Å². The Bertz CT molecular complexity index is 204. The lowest BCUT2D eigenvalue weighted by Gasteiger charge is -2.60. The number of carbonyl (C=O) groups is 1. The molecule has 2 rings (SSSR count). The smallest absolute Gasteiger partial charge is 0.219 e. The van der Waals surface area contributed by atoms with E-state index in [2.05, 4.69) is 6.92 Å². The van der Waals surface area contributed by atoms with E-state index in [0.29, 0.717) is 5.41 Å². The average molecular weight is 167 g/mol. The van der Waals surface area contributed by atoms with Gasteiger partial charge in [0, 0.05) is 25.4 Å². The van der Waals surface area contributed by atoms with Crippen molar-refractivity contribution in [2.24, 2.45) is 11.3 Å². The van der Waals surface area contributed by atoms with E-state index in [0.717, 1.165) is 19.0 Å². The van der Waals surface area contributed by atoms with E-state index in [4.69, 9.17) is 0 Å². The topological polar surface area (TPSA) is 20.3 Å². The first-order valence-corrected chi connectivity index (χ1v) is 4.93. The fourth-order valence-corrected chi connectivity index (χ4v) is 2.75. The van der Waals surface area contributed by atoms with Crippen molar-refractivity contribution in [3.8, 4) is 0 Å². The Morgan fingerprint density at radius 1 is 1.58 bits per heavy atom. The lowest BCUT2D eigenvalue weighted by atomic mass is 9.55. The minimum atomic E-state index is 0.252. The van der Waals surface area contributed by atoms with E-state index < -0.39 is 0 Å². The molecule has 2 nitrogen and oxygen atoms in total. The minimum Gasteiger partial charge on any atom is -0.342 e. The zero-order valence-electron chi connectivity index (χ0n) is 7.97. The molecule has 1 aliphatic heterocycles. The molecule has 1 aliphatic carbocycles. The Morgan fingerprint density at radius 2 is 2.25 bits per heavy atom. The molecule has 2 aliphatic rings. The van der Waals surface area contributed by atoms with Crippen molar-refractivity contribution in [2.75, 3.05) is 13.1 Å². The number of rotatable bonds is 1. The maximum atomic E-state index is 11.0. The number of carbonyl (C=O) groups excluding carboxylic acids is 1. The number of amides is 1. The molecule has 1 atom stereocenters. The fourth-order valence-electron chi connectivity index (χ4n) is 2.75. The van der Waals surface area contributed by atoms with Crippen LogP contribution in [0.15, 0.2) is 0 Å². The molecule has 1 spiro atoms. The molecule has 2 fully saturated rings. The van der Waals surface area contributed by atoms with E-state index in [9.17, 15) is 4.79 Å². The lowest BCUT2D eigenvalue weighted by molar-refractivity contribution is -0.158. The molecule has 0 radical (unpaired) electrons. The molecule has 1 unspecified atom stereocenters. The fraction of sp³-hybridized carbons (Fsp3) is 0.900. The van der Waals surface area contributed by atoms with E-state index in [-0.39, 0.29) is 5.91 Å². The predicted molar refractivity (Wildman–Crippen MR) is 47.7 cm³/mol. The normalized spacial score (nSPS) is 31.2. The van der Waals surface area contributed by atoms with Gasteiger partial charge in [-0.15, -0.1) is 0 Å². The Labute approximate surface area is 73.9 Å². The highest BCUT2D eigenvalue weighted by molar-refractivity contribution is 5.74. The molecular weight excluding hydrogens is 150 g/mol. The van der Waals surface area contributed by atoms with Gasteiger partial charge in [-0.25, -0.2) is 0 Å². The Balaban J connectivity index is 1.90. The number of hydrogen-bond donors (Lipinski definition) is 0. The van der Waals surface area contributed by atoms with Crippen molar-refractivity contribution < 1.29 is 4.79 Å². The highest BCUT2D eigenvalue weighted by Crippen LogP contribution is 2.54. The van der Waals surface area contributed by atoms with Gasteiger partial charge < -0.3 is 4.90 Å². The van der Waals surface area contributed by atoms with Crippen LogP contribution in [-0.4, -0.2) is 23.9 Å². The van der Waals surface area contributed by atoms with Crippen LogP contribution in [0.5, 0.6) is 0 Å². The highest BCUT2D eigenvalue weighted by atomic mass is 16.2. The SMILES string of the molecule is CCC1CCC12CN(C(C)=O)C2. The van der Waals surface area contributed by atoms with Gasteiger partial charge >= 0.3 is 0 Å². The third kappa shape index (κ3) is 0.900. The molecule has 0 aromatic heterocycles. The summed E-state index contributed by atoms with van der Waals surface area (Å²) in [5, 5.41) is 0. The van der Waals surface area contributed by atoms with Gasteiger partial charge in [0.05, 0.1) is 0 Å². The van der Waals surface area contributed by atoms with Crippen molar-refractivity contribution in [3.63, 3.8) is 0 Å². The summed E-state index contributed by atoms with van der Waals surface area (Å²) in [6, 6.07) is 0. The summed E-state index contributed by atoms with van der Waals surface area (Å²) in [6.07, 6.45) is 4.04. The molecule has 2 heteroatoms. The van der Waals surface area contributed by atoms with Crippen LogP contribution in [-0.2, 0) is 4.79 Å². The monoisotopic (exact) mass is 167 g/mol. The maximum Gasteiger partial charge on any atom is 0.219 e. The zero-order chi connectivity index (χ0) is 8.77. The molecule has 0 aromatic rings. The second-order valence-corrected chi connectivity index (χ2v) is 4.38. The largest absolute Gasteiger partial charge is 0.342 e. The molecule has 0 aromatic carbocycles. The minimum absolute atomic E-state index is 0.252. The van der Waals surface area contributed by atoms with Crippen LogP contribution < -0.4 is 0 Å². The van der Waals surface area contributed by atoms with Crippen LogP contribution in [0.4, 0.5) is 0 Å². The van der Waals surface area contributed by atoms with Crippen LogP contribution in [0.3, 0.4) is 0 Å². The number of nitrogens with zero attached hydrogens (tertiary/aromatic N) is 1. The van der Waals surface area contributed by atoms with Crippen molar-refractivity contribution in [1.29, 1.82) is 0 Å². The molecule has 1 saturated heterocycles. The Kier molecular flexibility index (Phi) is 1.67. The second-order valence-electron chi connectivity index (χ2n) is 4.38. The van der Waals surface area contributed by atoms with Crippen LogP contribution >= 0.6 is 0 Å². The van der Waals surface area contributed by atoms with Crippen LogP contribution in [0, 0.1) is 11.3 Å². The van der Waals surface area contributed by atoms with E-state index in [1.807, 2.05) is 4.90 Å². The first kappa shape index (κ1) is 8.09.